The summed E-state index contributed by atoms with van der Waals surface area (Å²) in [5, 5.41) is 2.92. The highest BCUT2D eigenvalue weighted by atomic mass is 32.2. The van der Waals surface area contributed by atoms with E-state index >= 15 is 0 Å². The molecule has 0 aliphatic rings. The summed E-state index contributed by atoms with van der Waals surface area (Å²) in [5.41, 5.74) is 2.46. The Balaban J connectivity index is 1.94. The van der Waals surface area contributed by atoms with Crippen LogP contribution < -0.4 is 10.1 Å². The maximum Gasteiger partial charge on any atom is 0.243 e. The number of benzene rings is 2. The second-order valence-corrected chi connectivity index (χ2v) is 10.8. The van der Waals surface area contributed by atoms with Crippen LogP contribution in [0.25, 0.3) is 0 Å². The summed E-state index contributed by atoms with van der Waals surface area (Å²) in [4.78, 5) is 32.6. The summed E-state index contributed by atoms with van der Waals surface area (Å²) in [6, 6.07) is 19.3. The summed E-state index contributed by atoms with van der Waals surface area (Å²) in [7, 11) is -0.698. The zero-order chi connectivity index (χ0) is 26.8. The summed E-state index contributed by atoms with van der Waals surface area (Å²) in [6.07, 6.45) is 4.60. The number of carbonyl (C=O) groups excluding carboxylic acids is 2. The average molecular weight is 525 g/mol. The van der Waals surface area contributed by atoms with Crippen molar-refractivity contribution >= 4 is 21.8 Å². The number of methoxy groups -OCH3 is 1. The second-order valence-electron chi connectivity index (χ2n) is 8.67. The van der Waals surface area contributed by atoms with E-state index in [-0.39, 0.29) is 25.4 Å². The molecule has 10 heteroatoms. The number of aromatic nitrogens is 1. The number of hydrogen-bond donors (Lipinski definition) is 1. The van der Waals surface area contributed by atoms with Gasteiger partial charge in [-0.3, -0.25) is 14.6 Å². The fourth-order valence-corrected chi connectivity index (χ4v) is 4.03. The van der Waals surface area contributed by atoms with E-state index < -0.39 is 28.5 Å². The van der Waals surface area contributed by atoms with Crippen LogP contribution >= 0.6 is 0 Å². The predicted octanol–water partition coefficient (Wildman–Crippen LogP) is 2.24. The number of nitrogens with zero attached hydrogens (tertiary/aromatic N) is 3. The predicted molar refractivity (Wildman–Crippen MR) is 141 cm³/mol. The van der Waals surface area contributed by atoms with Gasteiger partial charge in [0.05, 0.1) is 19.9 Å². The minimum absolute atomic E-state index is 0.109. The third-order valence-corrected chi connectivity index (χ3v) is 7.16. The van der Waals surface area contributed by atoms with Crippen molar-refractivity contribution in [1.29, 1.82) is 0 Å². The number of carbonyl (C=O) groups is 2. The number of sulfonamides is 1. The lowest BCUT2D eigenvalue weighted by atomic mass is 10.0. The second kappa shape index (κ2) is 13.0. The van der Waals surface area contributed by atoms with Crippen molar-refractivity contribution in [1.82, 2.24) is 19.5 Å². The third kappa shape index (κ3) is 8.40. The molecule has 0 saturated heterocycles. The molecule has 9 nitrogen and oxygen atoms in total. The van der Waals surface area contributed by atoms with Gasteiger partial charge in [-0.15, -0.1) is 0 Å². The maximum atomic E-state index is 13.6. The number of pyridine rings is 1. The Kier molecular flexibility index (Phi) is 9.76. The summed E-state index contributed by atoms with van der Waals surface area (Å²) < 4.78 is 30.3. The molecule has 0 fully saturated rings. The van der Waals surface area contributed by atoms with Gasteiger partial charge < -0.3 is 15.0 Å². The Bertz CT molecular complexity index is 1270. The lowest BCUT2D eigenvalue weighted by Gasteiger charge is -2.32. The molecule has 1 aromatic heterocycles. The van der Waals surface area contributed by atoms with E-state index in [0.29, 0.717) is 5.75 Å². The van der Waals surface area contributed by atoms with Gasteiger partial charge in [-0.05, 0) is 34.9 Å². The quantitative estimate of drug-likeness (QED) is 0.389. The molecule has 0 saturated carbocycles. The van der Waals surface area contributed by atoms with Gasteiger partial charge in [0.25, 0.3) is 0 Å². The zero-order valence-electron chi connectivity index (χ0n) is 21.2. The molecule has 0 bridgehead atoms. The molecular weight excluding hydrogens is 492 g/mol. The summed E-state index contributed by atoms with van der Waals surface area (Å²) in [5.74, 6) is -0.175. The fourth-order valence-electron chi connectivity index (χ4n) is 3.69. The molecule has 0 spiro atoms. The average Bonchev–Trinajstić information content (AvgIpc) is 2.90. The Labute approximate surface area is 218 Å². The monoisotopic (exact) mass is 524 g/mol. The van der Waals surface area contributed by atoms with E-state index in [0.717, 1.165) is 27.3 Å². The molecule has 1 heterocycles. The fraction of sp³-hybridized carbons (Fsp3) is 0.296. The Morgan fingerprint density at radius 3 is 2.24 bits per heavy atom. The minimum atomic E-state index is -3.60. The van der Waals surface area contributed by atoms with Crippen LogP contribution in [0.2, 0.25) is 0 Å². The van der Waals surface area contributed by atoms with Crippen LogP contribution in [0.1, 0.15) is 16.7 Å². The minimum Gasteiger partial charge on any atom is -0.497 e. The molecule has 0 unspecified atom stereocenters. The number of ether oxygens (including phenoxy) is 1. The highest BCUT2D eigenvalue weighted by Gasteiger charge is 2.31. The zero-order valence-corrected chi connectivity index (χ0v) is 22.0. The van der Waals surface area contributed by atoms with E-state index in [2.05, 4.69) is 10.3 Å². The largest absolute Gasteiger partial charge is 0.497 e. The molecule has 37 heavy (non-hydrogen) atoms. The van der Waals surface area contributed by atoms with E-state index in [1.165, 1.54) is 11.9 Å². The number of amides is 2. The normalized spacial score (nSPS) is 12.1. The van der Waals surface area contributed by atoms with Crippen molar-refractivity contribution in [2.45, 2.75) is 25.6 Å². The summed E-state index contributed by atoms with van der Waals surface area (Å²) in [6.45, 7) is -0.0415. The topological polar surface area (TPSA) is 109 Å². The van der Waals surface area contributed by atoms with Gasteiger partial charge in [0.15, 0.2) is 0 Å². The van der Waals surface area contributed by atoms with Crippen LogP contribution in [0.15, 0.2) is 79.1 Å². The number of rotatable bonds is 12. The van der Waals surface area contributed by atoms with Crippen LogP contribution in [0, 0.1) is 0 Å². The molecular formula is C27H32N4O5S. The van der Waals surface area contributed by atoms with E-state index in [4.69, 9.17) is 4.74 Å². The third-order valence-electron chi connectivity index (χ3n) is 5.90. The number of hydrogen-bond acceptors (Lipinski definition) is 6. The number of nitrogens with one attached hydrogen (secondary N) is 1. The molecule has 1 atom stereocenters. The first kappa shape index (κ1) is 27.8. The van der Waals surface area contributed by atoms with Crippen LogP contribution in [0.5, 0.6) is 5.75 Å². The lowest BCUT2D eigenvalue weighted by Crippen LogP contribution is -2.52. The van der Waals surface area contributed by atoms with Gasteiger partial charge in [-0.2, -0.15) is 4.31 Å². The first-order valence-corrected chi connectivity index (χ1v) is 13.6. The first-order valence-electron chi connectivity index (χ1n) is 11.7. The van der Waals surface area contributed by atoms with Crippen molar-refractivity contribution in [3.63, 3.8) is 0 Å². The van der Waals surface area contributed by atoms with Crippen LogP contribution in [-0.4, -0.2) is 67.4 Å². The van der Waals surface area contributed by atoms with Crippen molar-refractivity contribution < 1.29 is 22.7 Å². The van der Waals surface area contributed by atoms with Crippen LogP contribution in [0.4, 0.5) is 0 Å². The van der Waals surface area contributed by atoms with E-state index in [1.807, 2.05) is 48.5 Å². The maximum absolute atomic E-state index is 13.6. The van der Waals surface area contributed by atoms with Gasteiger partial charge in [-0.25, -0.2) is 8.42 Å². The standard InChI is InChI=1S/C27H32N4O5S/c1-30(37(3,34)35)20-26(32)31(19-22-11-13-24(36-2)14-12-22)25(16-21-8-5-4-6-9-21)27(33)29-18-23-10-7-15-28-17-23/h4-15,17,25H,16,18-20H2,1-3H3,(H,29,33)/t25-/m1/s1. The van der Waals surface area contributed by atoms with Gasteiger partial charge in [0.1, 0.15) is 11.8 Å². The molecule has 0 aliphatic carbocycles. The van der Waals surface area contributed by atoms with E-state index in [9.17, 15) is 18.0 Å². The molecule has 0 aliphatic heterocycles. The Morgan fingerprint density at radius 1 is 0.973 bits per heavy atom. The molecule has 1 N–H and O–H groups in total. The first-order chi connectivity index (χ1) is 17.7. The van der Waals surface area contributed by atoms with Gasteiger partial charge >= 0.3 is 0 Å². The van der Waals surface area contributed by atoms with E-state index in [1.54, 1.807) is 37.7 Å². The van der Waals surface area contributed by atoms with Gasteiger partial charge in [0.2, 0.25) is 21.8 Å². The van der Waals surface area contributed by atoms with Crippen LogP contribution in [-0.2, 0) is 39.1 Å². The van der Waals surface area contributed by atoms with Crippen LogP contribution in [0.3, 0.4) is 0 Å². The Hall–Kier alpha value is -3.76. The molecule has 196 valence electrons. The molecule has 2 aromatic carbocycles. The molecule has 3 aromatic rings. The SMILES string of the molecule is COc1ccc(CN(C(=O)CN(C)S(C)(=O)=O)[C@H](Cc2ccccc2)C(=O)NCc2cccnc2)cc1. The molecule has 2 amide bonds. The van der Waals surface area contributed by atoms with Crippen molar-refractivity contribution in [2.75, 3.05) is 27.0 Å². The van der Waals surface area contributed by atoms with Crippen molar-refractivity contribution in [3.05, 3.63) is 95.8 Å². The van der Waals surface area contributed by atoms with Gasteiger partial charge in [0, 0.05) is 39.0 Å². The highest BCUT2D eigenvalue weighted by molar-refractivity contribution is 7.88. The summed E-state index contributed by atoms with van der Waals surface area (Å²) >= 11 is 0. The Morgan fingerprint density at radius 2 is 1.65 bits per heavy atom. The molecule has 3 rings (SSSR count). The molecule has 0 radical (unpaired) electrons. The highest BCUT2D eigenvalue weighted by Crippen LogP contribution is 2.18. The van der Waals surface area contributed by atoms with Gasteiger partial charge in [-0.1, -0.05) is 48.5 Å². The smallest absolute Gasteiger partial charge is 0.243 e. The van der Waals surface area contributed by atoms with Crippen molar-refractivity contribution in [2.24, 2.45) is 0 Å². The number of likely N-dealkylation sites (N-methyl/N-ethyl adjacent to an activating group) is 1. The van der Waals surface area contributed by atoms with Crippen molar-refractivity contribution in [3.8, 4) is 5.75 Å². The lowest BCUT2D eigenvalue weighted by molar-refractivity contribution is -0.141.